The number of rotatable bonds is 2. The summed E-state index contributed by atoms with van der Waals surface area (Å²) in [5.74, 6) is -0.298. The summed E-state index contributed by atoms with van der Waals surface area (Å²) in [4.78, 5) is 3.48. The first kappa shape index (κ1) is 7.49. The van der Waals surface area contributed by atoms with Gasteiger partial charge in [-0.05, 0) is 12.1 Å². The number of hydrogen-bond acceptors (Lipinski definition) is 3. The molecule has 2 rings (SSSR count). The van der Waals surface area contributed by atoms with Gasteiger partial charge < -0.3 is 10.1 Å². The zero-order chi connectivity index (χ0) is 8.39. The highest BCUT2D eigenvalue weighted by Crippen LogP contribution is 2.15. The van der Waals surface area contributed by atoms with Gasteiger partial charge in [-0.25, -0.2) is 4.98 Å². The number of ether oxygens (including phenoxy) is 1. The van der Waals surface area contributed by atoms with Gasteiger partial charge >= 0.3 is 0 Å². The first-order valence-corrected chi connectivity index (χ1v) is 3.84. The second-order valence-corrected chi connectivity index (χ2v) is 2.69. The normalized spacial score (nSPS) is 17.1. The predicted octanol–water partition coefficient (Wildman–Crippen LogP) is 0.571. The third kappa shape index (κ3) is 1.38. The Morgan fingerprint density at radius 1 is 1.58 bits per heavy atom. The van der Waals surface area contributed by atoms with Crippen molar-refractivity contribution in [1.82, 2.24) is 10.3 Å². The molecule has 0 amide bonds. The van der Waals surface area contributed by atoms with E-state index in [-0.39, 0.29) is 11.9 Å². The molecule has 12 heavy (non-hydrogen) atoms. The first-order valence-electron chi connectivity index (χ1n) is 3.84. The summed E-state index contributed by atoms with van der Waals surface area (Å²) in [6, 6.07) is 3.24. The van der Waals surface area contributed by atoms with Gasteiger partial charge in [-0.3, -0.25) is 0 Å². The minimum atomic E-state index is -0.538. The maximum absolute atomic E-state index is 12.9. The Morgan fingerprint density at radius 3 is 3.00 bits per heavy atom. The van der Waals surface area contributed by atoms with Crippen LogP contribution in [0.3, 0.4) is 0 Å². The number of halogens is 1. The van der Waals surface area contributed by atoms with Gasteiger partial charge in [0.2, 0.25) is 0 Å². The van der Waals surface area contributed by atoms with E-state index in [0.29, 0.717) is 0 Å². The van der Waals surface area contributed by atoms with Crippen LogP contribution in [-0.2, 0) is 0 Å². The molecule has 0 saturated carbocycles. The number of hydrogen-bond donors (Lipinski definition) is 1. The quantitative estimate of drug-likeness (QED) is 0.655. The monoisotopic (exact) mass is 168 g/mol. The maximum Gasteiger partial charge on any atom is 0.255 e. The number of nitrogens with one attached hydrogen (secondary N) is 1. The van der Waals surface area contributed by atoms with Gasteiger partial charge in [0.15, 0.2) is 5.75 Å². The minimum Gasteiger partial charge on any atom is -0.483 e. The molecule has 1 N–H and O–H groups in total. The summed E-state index contributed by atoms with van der Waals surface area (Å²) >= 11 is 0. The van der Waals surface area contributed by atoms with Crippen LogP contribution in [0.15, 0.2) is 18.3 Å². The molecule has 1 aromatic rings. The van der Waals surface area contributed by atoms with Gasteiger partial charge in [-0.2, -0.15) is 4.39 Å². The lowest BCUT2D eigenvalue weighted by molar-refractivity contribution is 0.135. The topological polar surface area (TPSA) is 34.1 Å². The van der Waals surface area contributed by atoms with Crippen LogP contribution in [0.25, 0.3) is 0 Å². The molecule has 0 aromatic carbocycles. The van der Waals surface area contributed by atoms with E-state index < -0.39 is 5.95 Å². The van der Waals surface area contributed by atoms with E-state index in [1.807, 2.05) is 0 Å². The largest absolute Gasteiger partial charge is 0.483 e. The van der Waals surface area contributed by atoms with E-state index in [9.17, 15) is 4.39 Å². The van der Waals surface area contributed by atoms with Crippen LogP contribution in [0.4, 0.5) is 4.39 Å². The van der Waals surface area contributed by atoms with Crippen molar-refractivity contribution in [3.63, 3.8) is 0 Å². The highest BCUT2D eigenvalue weighted by atomic mass is 19.1. The second-order valence-electron chi connectivity index (χ2n) is 2.69. The molecule has 1 aliphatic heterocycles. The lowest BCUT2D eigenvalue weighted by Crippen LogP contribution is -2.50. The van der Waals surface area contributed by atoms with Crippen molar-refractivity contribution in [1.29, 1.82) is 0 Å². The molecular weight excluding hydrogens is 159 g/mol. The van der Waals surface area contributed by atoms with E-state index in [4.69, 9.17) is 4.74 Å². The van der Waals surface area contributed by atoms with Crippen LogP contribution in [-0.4, -0.2) is 24.2 Å². The Kier molecular flexibility index (Phi) is 1.91. The smallest absolute Gasteiger partial charge is 0.255 e. The van der Waals surface area contributed by atoms with E-state index >= 15 is 0 Å². The fourth-order valence-corrected chi connectivity index (χ4v) is 0.984. The van der Waals surface area contributed by atoms with Crippen LogP contribution in [0.5, 0.6) is 5.75 Å². The third-order valence-electron chi connectivity index (χ3n) is 1.76. The molecule has 1 aromatic heterocycles. The SMILES string of the molecule is Fc1ncccc1OC1CNC1. The van der Waals surface area contributed by atoms with Gasteiger partial charge in [0, 0.05) is 19.3 Å². The molecule has 1 aliphatic rings. The second kappa shape index (κ2) is 3.06. The fraction of sp³-hybridized carbons (Fsp3) is 0.375. The Bertz CT molecular complexity index is 276. The summed E-state index contributed by atoms with van der Waals surface area (Å²) in [5, 5.41) is 3.03. The molecule has 1 saturated heterocycles. The molecule has 0 radical (unpaired) electrons. The van der Waals surface area contributed by atoms with E-state index in [0.717, 1.165) is 13.1 Å². The highest BCUT2D eigenvalue weighted by molar-refractivity contribution is 5.18. The third-order valence-corrected chi connectivity index (χ3v) is 1.76. The van der Waals surface area contributed by atoms with Gasteiger partial charge in [-0.15, -0.1) is 0 Å². The summed E-state index contributed by atoms with van der Waals surface area (Å²) in [6.45, 7) is 1.57. The molecule has 3 nitrogen and oxygen atoms in total. The zero-order valence-corrected chi connectivity index (χ0v) is 6.46. The van der Waals surface area contributed by atoms with Gasteiger partial charge in [-0.1, -0.05) is 0 Å². The summed E-state index contributed by atoms with van der Waals surface area (Å²) in [5.41, 5.74) is 0. The van der Waals surface area contributed by atoms with Crippen molar-refractivity contribution >= 4 is 0 Å². The Hall–Kier alpha value is -1.16. The van der Waals surface area contributed by atoms with Crippen molar-refractivity contribution in [3.8, 4) is 5.75 Å². The summed E-state index contributed by atoms with van der Waals surface area (Å²) < 4.78 is 18.1. The van der Waals surface area contributed by atoms with Crippen LogP contribution >= 0.6 is 0 Å². The van der Waals surface area contributed by atoms with E-state index in [1.165, 1.54) is 6.20 Å². The van der Waals surface area contributed by atoms with Crippen molar-refractivity contribution < 1.29 is 9.13 Å². The molecule has 0 aliphatic carbocycles. The van der Waals surface area contributed by atoms with Crippen LogP contribution < -0.4 is 10.1 Å². The predicted molar refractivity (Wildman–Crippen MR) is 41.5 cm³/mol. The Morgan fingerprint density at radius 2 is 2.42 bits per heavy atom. The van der Waals surface area contributed by atoms with Crippen LogP contribution in [0.1, 0.15) is 0 Å². The molecule has 2 heterocycles. The molecular formula is C8H9FN2O. The molecule has 0 unspecified atom stereocenters. The van der Waals surface area contributed by atoms with Crippen LogP contribution in [0, 0.1) is 5.95 Å². The maximum atomic E-state index is 12.9. The molecule has 0 spiro atoms. The van der Waals surface area contributed by atoms with Gasteiger partial charge in [0.1, 0.15) is 6.10 Å². The molecule has 0 bridgehead atoms. The molecule has 64 valence electrons. The Labute approximate surface area is 69.6 Å². The van der Waals surface area contributed by atoms with E-state index in [2.05, 4.69) is 10.3 Å². The minimum absolute atomic E-state index is 0.101. The first-order chi connectivity index (χ1) is 5.86. The fourth-order valence-electron chi connectivity index (χ4n) is 0.984. The van der Waals surface area contributed by atoms with Crippen molar-refractivity contribution in [2.75, 3.05) is 13.1 Å². The standard InChI is InChI=1S/C8H9FN2O/c9-8-7(2-1-3-11-8)12-6-4-10-5-6/h1-3,6,10H,4-5H2. The van der Waals surface area contributed by atoms with Crippen molar-refractivity contribution in [2.45, 2.75) is 6.10 Å². The average Bonchev–Trinajstić information content (AvgIpc) is 2.00. The Balaban J connectivity index is 2.06. The average molecular weight is 168 g/mol. The number of nitrogens with zero attached hydrogens (tertiary/aromatic N) is 1. The lowest BCUT2D eigenvalue weighted by atomic mass is 10.2. The number of pyridine rings is 1. The van der Waals surface area contributed by atoms with E-state index in [1.54, 1.807) is 12.1 Å². The van der Waals surface area contributed by atoms with Crippen molar-refractivity contribution in [3.05, 3.63) is 24.3 Å². The summed E-state index contributed by atoms with van der Waals surface area (Å²) in [7, 11) is 0. The van der Waals surface area contributed by atoms with Crippen LogP contribution in [0.2, 0.25) is 0 Å². The zero-order valence-electron chi connectivity index (χ0n) is 6.46. The van der Waals surface area contributed by atoms with Gasteiger partial charge in [0.25, 0.3) is 5.95 Å². The molecule has 0 atom stereocenters. The summed E-state index contributed by atoms with van der Waals surface area (Å²) in [6.07, 6.45) is 1.50. The molecule has 1 fully saturated rings. The van der Waals surface area contributed by atoms with Crippen molar-refractivity contribution in [2.24, 2.45) is 0 Å². The highest BCUT2D eigenvalue weighted by Gasteiger charge is 2.19. The van der Waals surface area contributed by atoms with Gasteiger partial charge in [0.05, 0.1) is 0 Å². The number of aromatic nitrogens is 1. The lowest BCUT2D eigenvalue weighted by Gasteiger charge is -2.27. The molecule has 4 heteroatoms.